The van der Waals surface area contributed by atoms with E-state index in [0.29, 0.717) is 29.7 Å². The highest BCUT2D eigenvalue weighted by Gasteiger charge is 2.42. The van der Waals surface area contributed by atoms with Crippen LogP contribution in [0.2, 0.25) is 0 Å². The van der Waals surface area contributed by atoms with E-state index in [1.54, 1.807) is 12.1 Å². The van der Waals surface area contributed by atoms with Crippen LogP contribution in [0.1, 0.15) is 74.1 Å². The molecule has 2 aliphatic rings. The van der Waals surface area contributed by atoms with E-state index in [-0.39, 0.29) is 27.6 Å². The lowest BCUT2D eigenvalue weighted by molar-refractivity contribution is 0.0978. The molecule has 1 amide bonds. The zero-order valence-electron chi connectivity index (χ0n) is 19.2. The number of nitrogen functional groups attached to an aromatic ring is 1. The van der Waals surface area contributed by atoms with Crippen molar-refractivity contribution in [3.8, 4) is 0 Å². The Morgan fingerprint density at radius 3 is 2.70 bits per heavy atom. The van der Waals surface area contributed by atoms with Gasteiger partial charge >= 0.3 is 0 Å². The first kappa shape index (κ1) is 23.2. The third kappa shape index (κ3) is 4.73. The number of hydrogen-bond acceptors (Lipinski definition) is 7. The molecule has 1 saturated carbocycles. The van der Waals surface area contributed by atoms with Crippen LogP contribution in [0.3, 0.4) is 0 Å². The number of carbonyl (C=O) groups is 1. The Morgan fingerprint density at radius 1 is 1.27 bits per heavy atom. The van der Waals surface area contributed by atoms with Crippen LogP contribution in [-0.2, 0) is 14.8 Å². The molecule has 0 radical (unpaired) electrons. The molecule has 8 nitrogen and oxygen atoms in total. The Labute approximate surface area is 194 Å². The number of carbonyl (C=O) groups excluding carboxylic acids is 1. The van der Waals surface area contributed by atoms with Crippen molar-refractivity contribution in [3.63, 3.8) is 0 Å². The van der Waals surface area contributed by atoms with Gasteiger partial charge in [-0.25, -0.2) is 23.1 Å². The summed E-state index contributed by atoms with van der Waals surface area (Å²) in [4.78, 5) is 21.7. The Hall–Kier alpha value is -2.94. The molecule has 176 valence electrons. The molecule has 0 spiro atoms. The normalized spacial score (nSPS) is 22.3. The minimum atomic E-state index is -4.20. The van der Waals surface area contributed by atoms with Crippen LogP contribution in [0.15, 0.2) is 41.4 Å². The van der Waals surface area contributed by atoms with Crippen LogP contribution in [-0.4, -0.2) is 30.9 Å². The van der Waals surface area contributed by atoms with Gasteiger partial charge in [-0.1, -0.05) is 20.8 Å². The number of nitrogens with zero attached hydrogens (tertiary/aromatic N) is 2. The number of aromatic nitrogens is 2. The molecule has 4 rings (SSSR count). The highest BCUT2D eigenvalue weighted by atomic mass is 32.2. The van der Waals surface area contributed by atoms with Gasteiger partial charge in [0.2, 0.25) is 0 Å². The van der Waals surface area contributed by atoms with Crippen molar-refractivity contribution >= 4 is 27.5 Å². The number of rotatable bonds is 5. The van der Waals surface area contributed by atoms with Crippen molar-refractivity contribution in [1.29, 1.82) is 0 Å². The second-order valence-electron chi connectivity index (χ2n) is 9.60. The summed E-state index contributed by atoms with van der Waals surface area (Å²) in [5, 5.41) is 0. The number of nitrogens with two attached hydrogens (primary N) is 1. The number of allylic oxidation sites excluding steroid dienone is 1. The summed E-state index contributed by atoms with van der Waals surface area (Å²) < 4.78 is 33.7. The fourth-order valence-corrected chi connectivity index (χ4v) is 6.04. The second-order valence-corrected chi connectivity index (χ2v) is 11.2. The lowest BCUT2D eigenvalue weighted by Crippen LogP contribution is -2.33. The SMILES string of the molecule is C[C@@H]1CC(c2nc(C3=CCCCO3)ccc2C(=O)NS(=O)(=O)c2cccnc2N)C(C)(C)C1. The molecular weight excluding hydrogens is 440 g/mol. The highest BCUT2D eigenvalue weighted by molar-refractivity contribution is 7.90. The number of hydrogen-bond donors (Lipinski definition) is 2. The van der Waals surface area contributed by atoms with Crippen LogP contribution in [0.25, 0.3) is 5.76 Å². The Balaban J connectivity index is 1.75. The predicted octanol–water partition coefficient (Wildman–Crippen LogP) is 3.87. The van der Waals surface area contributed by atoms with Crippen molar-refractivity contribution in [2.75, 3.05) is 12.3 Å². The molecular formula is C24H30N4O4S. The Kier molecular flexibility index (Phi) is 6.18. The number of sulfonamides is 1. The maximum Gasteiger partial charge on any atom is 0.267 e. The maximum atomic E-state index is 13.3. The summed E-state index contributed by atoms with van der Waals surface area (Å²) in [7, 11) is -4.20. The molecule has 3 heterocycles. The number of amides is 1. The first-order valence-electron chi connectivity index (χ1n) is 11.2. The first-order valence-corrected chi connectivity index (χ1v) is 12.7. The maximum absolute atomic E-state index is 13.3. The molecule has 33 heavy (non-hydrogen) atoms. The van der Waals surface area contributed by atoms with Gasteiger partial charge in [-0.3, -0.25) is 4.79 Å². The third-order valence-corrected chi connectivity index (χ3v) is 7.84. The van der Waals surface area contributed by atoms with Crippen molar-refractivity contribution in [2.45, 2.75) is 57.3 Å². The van der Waals surface area contributed by atoms with E-state index in [4.69, 9.17) is 15.5 Å². The zero-order valence-corrected chi connectivity index (χ0v) is 20.0. The molecule has 2 aromatic rings. The molecule has 3 N–H and O–H groups in total. The van der Waals surface area contributed by atoms with Gasteiger partial charge in [0.1, 0.15) is 22.2 Å². The van der Waals surface area contributed by atoms with Gasteiger partial charge < -0.3 is 10.5 Å². The zero-order chi connectivity index (χ0) is 23.8. The van der Waals surface area contributed by atoms with E-state index in [0.717, 1.165) is 25.7 Å². The van der Waals surface area contributed by atoms with E-state index in [9.17, 15) is 13.2 Å². The summed E-state index contributed by atoms with van der Waals surface area (Å²) in [5.74, 6) is 0.271. The third-order valence-electron chi connectivity index (χ3n) is 6.46. The minimum Gasteiger partial charge on any atom is -0.492 e. The van der Waals surface area contributed by atoms with E-state index >= 15 is 0 Å². The van der Waals surface area contributed by atoms with Crippen molar-refractivity contribution in [1.82, 2.24) is 14.7 Å². The van der Waals surface area contributed by atoms with Crippen molar-refractivity contribution in [2.24, 2.45) is 11.3 Å². The number of pyridine rings is 2. The smallest absolute Gasteiger partial charge is 0.267 e. The van der Waals surface area contributed by atoms with Crippen molar-refractivity contribution < 1.29 is 17.9 Å². The van der Waals surface area contributed by atoms with E-state index in [2.05, 4.69) is 30.5 Å². The molecule has 1 unspecified atom stereocenters. The van der Waals surface area contributed by atoms with Crippen LogP contribution in [0.5, 0.6) is 0 Å². The lowest BCUT2D eigenvalue weighted by atomic mass is 9.78. The largest absolute Gasteiger partial charge is 0.492 e. The molecule has 2 atom stereocenters. The average molecular weight is 471 g/mol. The lowest BCUT2D eigenvalue weighted by Gasteiger charge is -2.28. The molecule has 0 bridgehead atoms. The van der Waals surface area contributed by atoms with Crippen LogP contribution in [0, 0.1) is 11.3 Å². The van der Waals surface area contributed by atoms with E-state index in [1.807, 2.05) is 6.08 Å². The molecule has 0 aromatic carbocycles. The summed E-state index contributed by atoms with van der Waals surface area (Å²) in [5.41, 5.74) is 7.15. The van der Waals surface area contributed by atoms with Gasteiger partial charge in [0.05, 0.1) is 17.9 Å². The molecule has 1 fully saturated rings. The first-order chi connectivity index (χ1) is 15.6. The van der Waals surface area contributed by atoms with Gasteiger partial charge in [-0.2, -0.15) is 0 Å². The van der Waals surface area contributed by atoms with E-state index < -0.39 is 15.9 Å². The summed E-state index contributed by atoms with van der Waals surface area (Å²) >= 11 is 0. The standard InChI is InChI=1S/C24H30N4O4S/c1-15-13-17(24(2,3)14-15)21-16(9-10-18(27-21)19-7-4-5-12-32-19)23(29)28-33(30,31)20-8-6-11-26-22(20)25/h6-11,15,17H,4-5,12-14H2,1-3H3,(H2,25,26)(H,28,29)/t15-,17?/m1/s1. The predicted molar refractivity (Wildman–Crippen MR) is 126 cm³/mol. The highest BCUT2D eigenvalue weighted by Crippen LogP contribution is 2.51. The van der Waals surface area contributed by atoms with Gasteiger partial charge in [0.15, 0.2) is 0 Å². The number of nitrogens with one attached hydrogen (secondary N) is 1. The molecule has 0 saturated heterocycles. The monoisotopic (exact) mass is 470 g/mol. The quantitative estimate of drug-likeness (QED) is 0.680. The van der Waals surface area contributed by atoms with Gasteiger partial charge in [-0.05, 0) is 67.4 Å². The van der Waals surface area contributed by atoms with Gasteiger partial charge in [0.25, 0.3) is 15.9 Å². The summed E-state index contributed by atoms with van der Waals surface area (Å²) in [6.07, 6.45) is 7.13. The Morgan fingerprint density at radius 2 is 2.06 bits per heavy atom. The van der Waals surface area contributed by atoms with Crippen LogP contribution >= 0.6 is 0 Å². The van der Waals surface area contributed by atoms with Gasteiger partial charge in [0, 0.05) is 12.1 Å². The fraction of sp³-hybridized carbons (Fsp3) is 0.458. The van der Waals surface area contributed by atoms with E-state index in [1.165, 1.54) is 18.3 Å². The molecule has 1 aliphatic carbocycles. The van der Waals surface area contributed by atoms with Gasteiger partial charge in [-0.15, -0.1) is 0 Å². The molecule has 9 heteroatoms. The van der Waals surface area contributed by atoms with Crippen LogP contribution in [0.4, 0.5) is 5.82 Å². The number of ether oxygens (including phenoxy) is 1. The molecule has 1 aliphatic heterocycles. The fourth-order valence-electron chi connectivity index (χ4n) is 4.99. The molecule has 2 aromatic heterocycles. The summed E-state index contributed by atoms with van der Waals surface area (Å²) in [6, 6.07) is 6.13. The second kappa shape index (κ2) is 8.78. The minimum absolute atomic E-state index is 0.00329. The van der Waals surface area contributed by atoms with Crippen molar-refractivity contribution in [3.05, 3.63) is 53.5 Å². The summed E-state index contributed by atoms with van der Waals surface area (Å²) in [6.45, 7) is 7.15. The topological polar surface area (TPSA) is 124 Å². The van der Waals surface area contributed by atoms with Crippen LogP contribution < -0.4 is 10.5 Å². The Bertz CT molecular complexity index is 1210. The average Bonchev–Trinajstić information content (AvgIpc) is 3.05. The number of anilines is 1.